The Bertz CT molecular complexity index is 369. The maximum atomic E-state index is 5.94. The van der Waals surface area contributed by atoms with Crippen LogP contribution in [0, 0.1) is 6.92 Å². The first-order chi connectivity index (χ1) is 7.79. The van der Waals surface area contributed by atoms with Gasteiger partial charge in [0.25, 0.3) is 0 Å². The van der Waals surface area contributed by atoms with Crippen LogP contribution in [-0.2, 0) is 9.47 Å². The average Bonchev–Trinajstić information content (AvgIpc) is 2.88. The highest BCUT2D eigenvalue weighted by Crippen LogP contribution is 2.38. The predicted octanol–water partition coefficient (Wildman–Crippen LogP) is 1.70. The van der Waals surface area contributed by atoms with E-state index in [4.69, 9.17) is 9.47 Å². The van der Waals surface area contributed by atoms with Gasteiger partial charge in [0.2, 0.25) is 0 Å². The summed E-state index contributed by atoms with van der Waals surface area (Å²) < 4.78 is 13.7. The molecular formula is C12H18N2O2. The van der Waals surface area contributed by atoms with Crippen LogP contribution in [0.15, 0.2) is 12.4 Å². The lowest BCUT2D eigenvalue weighted by molar-refractivity contribution is -0.0950. The molecule has 0 N–H and O–H groups in total. The Hall–Kier alpha value is -0.870. The highest BCUT2D eigenvalue weighted by molar-refractivity contribution is 4.98. The molecule has 2 aliphatic heterocycles. The van der Waals surface area contributed by atoms with Crippen molar-refractivity contribution in [2.75, 3.05) is 19.8 Å². The van der Waals surface area contributed by atoms with Gasteiger partial charge in [-0.25, -0.2) is 4.98 Å². The number of imidazole rings is 1. The van der Waals surface area contributed by atoms with E-state index in [0.717, 1.165) is 44.9 Å². The molecule has 16 heavy (non-hydrogen) atoms. The first-order valence-electron chi connectivity index (χ1n) is 6.00. The molecule has 2 unspecified atom stereocenters. The van der Waals surface area contributed by atoms with E-state index in [-0.39, 0.29) is 5.60 Å². The van der Waals surface area contributed by atoms with Crippen molar-refractivity contribution in [1.29, 1.82) is 0 Å². The van der Waals surface area contributed by atoms with E-state index < -0.39 is 0 Å². The average molecular weight is 222 g/mol. The van der Waals surface area contributed by atoms with Crippen molar-refractivity contribution < 1.29 is 9.47 Å². The topological polar surface area (TPSA) is 36.3 Å². The number of nitrogens with zero attached hydrogens (tertiary/aromatic N) is 2. The van der Waals surface area contributed by atoms with Gasteiger partial charge >= 0.3 is 0 Å². The highest BCUT2D eigenvalue weighted by Gasteiger charge is 2.41. The number of aromatic nitrogens is 2. The third-order valence-electron chi connectivity index (χ3n) is 3.79. The number of rotatable bonds is 1. The number of aryl methyl sites for hydroxylation is 1. The molecule has 0 amide bonds. The Balaban J connectivity index is 1.80. The lowest BCUT2D eigenvalue weighted by Crippen LogP contribution is -2.41. The molecule has 4 nitrogen and oxygen atoms in total. The van der Waals surface area contributed by atoms with Crippen molar-refractivity contribution in [3.8, 4) is 0 Å². The molecule has 3 rings (SSSR count). The van der Waals surface area contributed by atoms with Gasteiger partial charge in [-0.3, -0.25) is 0 Å². The summed E-state index contributed by atoms with van der Waals surface area (Å²) in [6.07, 6.45) is 7.14. The van der Waals surface area contributed by atoms with Crippen molar-refractivity contribution >= 4 is 0 Å². The second-order valence-electron chi connectivity index (χ2n) is 4.86. The molecule has 2 saturated heterocycles. The van der Waals surface area contributed by atoms with Crippen molar-refractivity contribution in [3.63, 3.8) is 0 Å². The fourth-order valence-electron chi connectivity index (χ4n) is 2.88. The number of hydrogen-bond donors (Lipinski definition) is 0. The van der Waals surface area contributed by atoms with Crippen molar-refractivity contribution in [3.05, 3.63) is 18.2 Å². The Morgan fingerprint density at radius 2 is 2.44 bits per heavy atom. The first-order valence-corrected chi connectivity index (χ1v) is 6.00. The normalized spacial score (nSPS) is 34.7. The fraction of sp³-hybridized carbons (Fsp3) is 0.750. The molecule has 2 atom stereocenters. The smallest absolute Gasteiger partial charge is 0.105 e. The van der Waals surface area contributed by atoms with Gasteiger partial charge in [-0.05, 0) is 19.8 Å². The first kappa shape index (κ1) is 10.3. The molecule has 0 radical (unpaired) electrons. The van der Waals surface area contributed by atoms with E-state index >= 15 is 0 Å². The molecule has 0 aliphatic carbocycles. The molecule has 0 aromatic carbocycles. The fourth-order valence-corrected chi connectivity index (χ4v) is 2.88. The highest BCUT2D eigenvalue weighted by atomic mass is 16.6. The van der Waals surface area contributed by atoms with Gasteiger partial charge in [0.1, 0.15) is 5.82 Å². The minimum atomic E-state index is -0.0143. The largest absolute Gasteiger partial charge is 0.378 e. The molecule has 0 bridgehead atoms. The minimum Gasteiger partial charge on any atom is -0.378 e. The Labute approximate surface area is 95.6 Å². The van der Waals surface area contributed by atoms with Gasteiger partial charge < -0.3 is 14.0 Å². The van der Waals surface area contributed by atoms with Crippen LogP contribution in [0.25, 0.3) is 0 Å². The monoisotopic (exact) mass is 222 g/mol. The molecule has 1 aromatic heterocycles. The summed E-state index contributed by atoms with van der Waals surface area (Å²) in [7, 11) is 0. The lowest BCUT2D eigenvalue weighted by Gasteiger charge is -2.37. The summed E-state index contributed by atoms with van der Waals surface area (Å²) in [5.74, 6) is 1.10. The molecule has 2 aliphatic rings. The summed E-state index contributed by atoms with van der Waals surface area (Å²) in [6.45, 7) is 4.51. The summed E-state index contributed by atoms with van der Waals surface area (Å²) in [5.41, 5.74) is -0.0143. The SMILES string of the molecule is Cc1nccn1C1CCOC2(CCOC2)C1. The molecule has 2 fully saturated rings. The van der Waals surface area contributed by atoms with E-state index in [2.05, 4.69) is 22.7 Å². The van der Waals surface area contributed by atoms with Crippen LogP contribution in [0.2, 0.25) is 0 Å². The molecular weight excluding hydrogens is 204 g/mol. The minimum absolute atomic E-state index is 0.0143. The van der Waals surface area contributed by atoms with E-state index in [1.807, 2.05) is 6.20 Å². The van der Waals surface area contributed by atoms with Gasteiger partial charge in [-0.15, -0.1) is 0 Å². The van der Waals surface area contributed by atoms with Gasteiger partial charge in [-0.2, -0.15) is 0 Å². The second-order valence-corrected chi connectivity index (χ2v) is 4.86. The van der Waals surface area contributed by atoms with Crippen molar-refractivity contribution in [1.82, 2.24) is 9.55 Å². The zero-order valence-electron chi connectivity index (χ0n) is 9.69. The Morgan fingerprint density at radius 3 is 3.12 bits per heavy atom. The van der Waals surface area contributed by atoms with Gasteiger partial charge in [0, 0.05) is 38.1 Å². The van der Waals surface area contributed by atoms with Gasteiger partial charge in [0.05, 0.1) is 12.2 Å². The third-order valence-corrected chi connectivity index (χ3v) is 3.79. The van der Waals surface area contributed by atoms with Crippen molar-refractivity contribution in [2.45, 2.75) is 37.8 Å². The van der Waals surface area contributed by atoms with E-state index in [1.165, 1.54) is 0 Å². The van der Waals surface area contributed by atoms with Crippen LogP contribution in [0.1, 0.15) is 31.1 Å². The van der Waals surface area contributed by atoms with Gasteiger partial charge in [-0.1, -0.05) is 0 Å². The molecule has 1 aromatic rings. The Morgan fingerprint density at radius 1 is 1.50 bits per heavy atom. The summed E-state index contributed by atoms with van der Waals surface area (Å²) in [4.78, 5) is 4.30. The molecule has 1 spiro atoms. The maximum absolute atomic E-state index is 5.94. The quantitative estimate of drug-likeness (QED) is 0.725. The van der Waals surface area contributed by atoms with E-state index in [1.54, 1.807) is 0 Å². The summed E-state index contributed by atoms with van der Waals surface area (Å²) in [6, 6.07) is 0.526. The van der Waals surface area contributed by atoms with E-state index in [9.17, 15) is 0 Å². The van der Waals surface area contributed by atoms with Crippen LogP contribution in [0.3, 0.4) is 0 Å². The van der Waals surface area contributed by atoms with Crippen LogP contribution >= 0.6 is 0 Å². The standard InChI is InChI=1S/C12H18N2O2/c1-10-13-4-5-14(10)11-2-6-16-12(8-11)3-7-15-9-12/h4-5,11H,2-3,6-9H2,1H3. The zero-order valence-corrected chi connectivity index (χ0v) is 9.69. The van der Waals surface area contributed by atoms with Crippen LogP contribution in [0.4, 0.5) is 0 Å². The zero-order chi connectivity index (χ0) is 11.0. The predicted molar refractivity (Wildman–Crippen MR) is 59.4 cm³/mol. The molecule has 4 heteroatoms. The molecule has 0 saturated carbocycles. The molecule has 3 heterocycles. The number of ether oxygens (including phenoxy) is 2. The molecule has 88 valence electrons. The second kappa shape index (κ2) is 3.86. The van der Waals surface area contributed by atoms with Crippen LogP contribution < -0.4 is 0 Å². The summed E-state index contributed by atoms with van der Waals surface area (Å²) >= 11 is 0. The lowest BCUT2D eigenvalue weighted by atomic mass is 9.89. The Kier molecular flexibility index (Phi) is 2.48. The van der Waals surface area contributed by atoms with Gasteiger partial charge in [0.15, 0.2) is 0 Å². The summed E-state index contributed by atoms with van der Waals surface area (Å²) in [5, 5.41) is 0. The van der Waals surface area contributed by atoms with Crippen LogP contribution in [0.5, 0.6) is 0 Å². The number of hydrogen-bond acceptors (Lipinski definition) is 3. The maximum Gasteiger partial charge on any atom is 0.105 e. The van der Waals surface area contributed by atoms with E-state index in [0.29, 0.717) is 6.04 Å². The third kappa shape index (κ3) is 1.66. The van der Waals surface area contributed by atoms with Crippen molar-refractivity contribution in [2.24, 2.45) is 0 Å². The van der Waals surface area contributed by atoms with Crippen LogP contribution in [-0.4, -0.2) is 35.0 Å².